The Balaban J connectivity index is 1.56. The first-order valence-corrected chi connectivity index (χ1v) is 10.2. The number of hydrogen-bond acceptors (Lipinski definition) is 7. The number of thioether (sulfide) groups is 2. The molecule has 1 N–H and O–H groups in total. The van der Waals surface area contributed by atoms with Crippen molar-refractivity contribution in [2.45, 2.75) is 5.16 Å². The number of hydrogen-bond donors (Lipinski definition) is 1. The Labute approximate surface area is 164 Å². The molecule has 3 heterocycles. The van der Waals surface area contributed by atoms with Crippen LogP contribution in [0.25, 0.3) is 22.1 Å². The maximum Gasteiger partial charge on any atom is 0.258 e. The van der Waals surface area contributed by atoms with Gasteiger partial charge in [-0.3, -0.25) is 9.59 Å². The zero-order chi connectivity index (χ0) is 18.3. The third-order valence-corrected chi connectivity index (χ3v) is 5.87. The van der Waals surface area contributed by atoms with E-state index < -0.39 is 0 Å². The Kier molecular flexibility index (Phi) is 4.67. The average molecular weight is 451 g/mol. The highest BCUT2D eigenvalue weighted by molar-refractivity contribution is 9.10. The zero-order valence-electron chi connectivity index (χ0n) is 13.4. The van der Waals surface area contributed by atoms with Gasteiger partial charge >= 0.3 is 0 Å². The molecule has 0 spiro atoms. The van der Waals surface area contributed by atoms with E-state index in [0.29, 0.717) is 27.2 Å². The van der Waals surface area contributed by atoms with E-state index >= 15 is 0 Å². The second kappa shape index (κ2) is 6.97. The van der Waals surface area contributed by atoms with E-state index in [-0.39, 0.29) is 17.6 Å². The van der Waals surface area contributed by atoms with E-state index in [1.165, 1.54) is 11.8 Å². The molecule has 0 saturated carbocycles. The number of halogens is 1. The SMILES string of the molecule is Cn1c2ccc(Br)cc2c2nnc(SCC(=O)N=C3NC(=O)CS3)nc21. The summed E-state index contributed by atoms with van der Waals surface area (Å²) in [6.45, 7) is 0. The number of aliphatic imine (C=N–C) groups is 1. The first-order chi connectivity index (χ1) is 12.5. The van der Waals surface area contributed by atoms with Gasteiger partial charge in [0.1, 0.15) is 5.52 Å². The standard InChI is InChI=1S/C15H11BrN6O2S2/c1-22-9-3-2-7(16)4-8(9)12-13(22)19-15(21-20-12)26-6-11(24)18-14-17-10(23)5-25-14/h2-4H,5-6H2,1H3,(H,17,18,23,24). The molecular formula is C15H11BrN6O2S2. The summed E-state index contributed by atoms with van der Waals surface area (Å²) in [4.78, 5) is 31.4. The van der Waals surface area contributed by atoms with Crippen LogP contribution in [0, 0.1) is 0 Å². The number of benzene rings is 1. The molecular weight excluding hydrogens is 440 g/mol. The first-order valence-electron chi connectivity index (χ1n) is 7.46. The molecule has 132 valence electrons. The Morgan fingerprint density at radius 1 is 1.46 bits per heavy atom. The summed E-state index contributed by atoms with van der Waals surface area (Å²) in [5.74, 6) is -0.137. The highest BCUT2D eigenvalue weighted by Crippen LogP contribution is 2.28. The minimum absolute atomic E-state index is 0.0720. The van der Waals surface area contributed by atoms with E-state index in [2.05, 4.69) is 41.4 Å². The van der Waals surface area contributed by atoms with Gasteiger partial charge < -0.3 is 9.88 Å². The Morgan fingerprint density at radius 2 is 2.31 bits per heavy atom. The predicted molar refractivity (Wildman–Crippen MR) is 105 cm³/mol. The Bertz CT molecular complexity index is 1100. The predicted octanol–water partition coefficient (Wildman–Crippen LogP) is 2.12. The summed E-state index contributed by atoms with van der Waals surface area (Å²) < 4.78 is 2.90. The van der Waals surface area contributed by atoms with Gasteiger partial charge in [-0.15, -0.1) is 10.2 Å². The lowest BCUT2D eigenvalue weighted by Crippen LogP contribution is -2.21. The third-order valence-electron chi connectivity index (χ3n) is 3.68. The fraction of sp³-hybridized carbons (Fsp3) is 0.200. The summed E-state index contributed by atoms with van der Waals surface area (Å²) in [5, 5.41) is 12.6. The third kappa shape index (κ3) is 3.33. The second-order valence-corrected chi connectivity index (χ2v) is 8.25. The number of nitrogens with one attached hydrogen (secondary N) is 1. The van der Waals surface area contributed by atoms with Gasteiger partial charge in [-0.2, -0.15) is 4.99 Å². The van der Waals surface area contributed by atoms with Gasteiger partial charge in [0.15, 0.2) is 10.8 Å². The number of carbonyl (C=O) groups is 2. The molecule has 3 aromatic rings. The van der Waals surface area contributed by atoms with Crippen LogP contribution in [0.3, 0.4) is 0 Å². The van der Waals surface area contributed by atoms with Gasteiger partial charge in [-0.1, -0.05) is 39.5 Å². The minimum Gasteiger partial charge on any atom is -0.327 e. The Morgan fingerprint density at radius 3 is 3.08 bits per heavy atom. The number of carbonyl (C=O) groups excluding carboxylic acids is 2. The van der Waals surface area contributed by atoms with Crippen molar-refractivity contribution in [1.82, 2.24) is 25.1 Å². The minimum atomic E-state index is -0.357. The summed E-state index contributed by atoms with van der Waals surface area (Å²) in [5.41, 5.74) is 2.42. The molecule has 0 aliphatic carbocycles. The monoisotopic (exact) mass is 450 g/mol. The topological polar surface area (TPSA) is 102 Å². The lowest BCUT2D eigenvalue weighted by atomic mass is 10.2. The molecule has 26 heavy (non-hydrogen) atoms. The second-order valence-electron chi connectivity index (χ2n) is 5.42. The molecule has 4 rings (SSSR count). The normalized spacial score (nSPS) is 15.9. The van der Waals surface area contributed by atoms with Crippen molar-refractivity contribution in [3.8, 4) is 0 Å². The van der Waals surface area contributed by atoms with Crippen LogP contribution in [0.4, 0.5) is 0 Å². The summed E-state index contributed by atoms with van der Waals surface area (Å²) in [6, 6.07) is 5.93. The molecule has 1 saturated heterocycles. The van der Waals surface area contributed by atoms with Crippen LogP contribution in [-0.2, 0) is 16.6 Å². The summed E-state index contributed by atoms with van der Waals surface area (Å²) in [7, 11) is 1.92. The molecule has 1 aromatic carbocycles. The van der Waals surface area contributed by atoms with E-state index in [4.69, 9.17) is 0 Å². The molecule has 2 amide bonds. The van der Waals surface area contributed by atoms with Gasteiger partial charge in [-0.05, 0) is 18.2 Å². The zero-order valence-corrected chi connectivity index (χ0v) is 16.6. The average Bonchev–Trinajstić information content (AvgIpc) is 3.14. The van der Waals surface area contributed by atoms with Crippen molar-refractivity contribution in [1.29, 1.82) is 0 Å². The number of nitrogens with zero attached hydrogens (tertiary/aromatic N) is 5. The smallest absolute Gasteiger partial charge is 0.258 e. The van der Waals surface area contributed by atoms with Crippen molar-refractivity contribution >= 4 is 78.5 Å². The number of amides is 2. The number of aryl methyl sites for hydroxylation is 1. The van der Waals surface area contributed by atoms with Gasteiger partial charge in [0.05, 0.1) is 17.0 Å². The fourth-order valence-corrected chi connectivity index (χ4v) is 4.15. The molecule has 0 radical (unpaired) electrons. The number of fused-ring (bicyclic) bond motifs is 3. The molecule has 0 atom stereocenters. The van der Waals surface area contributed by atoms with Gasteiger partial charge in [0.25, 0.3) is 5.91 Å². The van der Waals surface area contributed by atoms with Crippen LogP contribution in [0.15, 0.2) is 32.8 Å². The van der Waals surface area contributed by atoms with Crippen molar-refractivity contribution < 1.29 is 9.59 Å². The largest absolute Gasteiger partial charge is 0.327 e. The van der Waals surface area contributed by atoms with Gasteiger partial charge in [0, 0.05) is 16.9 Å². The van der Waals surface area contributed by atoms with Crippen LogP contribution < -0.4 is 5.32 Å². The van der Waals surface area contributed by atoms with E-state index in [1.807, 2.05) is 29.8 Å². The molecule has 1 aliphatic rings. The maximum absolute atomic E-state index is 11.9. The van der Waals surface area contributed by atoms with Gasteiger partial charge in [-0.25, -0.2) is 4.98 Å². The molecule has 1 fully saturated rings. The van der Waals surface area contributed by atoms with E-state index in [0.717, 1.165) is 27.1 Å². The van der Waals surface area contributed by atoms with Crippen molar-refractivity contribution in [3.63, 3.8) is 0 Å². The molecule has 2 aromatic heterocycles. The van der Waals surface area contributed by atoms with E-state index in [1.54, 1.807) is 0 Å². The summed E-state index contributed by atoms with van der Waals surface area (Å²) >= 11 is 5.84. The number of rotatable bonds is 3. The Hall–Kier alpha value is -1.98. The highest BCUT2D eigenvalue weighted by atomic mass is 79.9. The van der Waals surface area contributed by atoms with Crippen molar-refractivity contribution in [2.24, 2.45) is 12.0 Å². The first kappa shape index (κ1) is 17.4. The van der Waals surface area contributed by atoms with Crippen molar-refractivity contribution in [2.75, 3.05) is 11.5 Å². The van der Waals surface area contributed by atoms with Crippen LogP contribution in [0.2, 0.25) is 0 Å². The fourth-order valence-electron chi connectivity index (χ4n) is 2.53. The summed E-state index contributed by atoms with van der Waals surface area (Å²) in [6.07, 6.45) is 0. The lowest BCUT2D eigenvalue weighted by molar-refractivity contribution is -0.116. The maximum atomic E-state index is 11.9. The van der Waals surface area contributed by atoms with Gasteiger partial charge in [0.2, 0.25) is 11.1 Å². The quantitative estimate of drug-likeness (QED) is 0.609. The highest BCUT2D eigenvalue weighted by Gasteiger charge is 2.18. The number of amidine groups is 1. The van der Waals surface area contributed by atoms with Crippen LogP contribution in [0.1, 0.15) is 0 Å². The molecule has 0 unspecified atom stereocenters. The van der Waals surface area contributed by atoms with Crippen LogP contribution in [-0.4, -0.2) is 48.2 Å². The molecule has 0 bridgehead atoms. The van der Waals surface area contributed by atoms with Crippen LogP contribution >= 0.6 is 39.5 Å². The molecule has 11 heteroatoms. The number of aromatic nitrogens is 4. The molecule has 1 aliphatic heterocycles. The lowest BCUT2D eigenvalue weighted by Gasteiger charge is -1.99. The molecule has 8 nitrogen and oxygen atoms in total. The van der Waals surface area contributed by atoms with Crippen LogP contribution in [0.5, 0.6) is 0 Å². The van der Waals surface area contributed by atoms with Crippen molar-refractivity contribution in [3.05, 3.63) is 22.7 Å². The van der Waals surface area contributed by atoms with E-state index in [9.17, 15) is 9.59 Å².